The fourth-order valence-electron chi connectivity index (χ4n) is 2.61. The molecule has 0 aliphatic carbocycles. The first kappa shape index (κ1) is 14.7. The zero-order valence-corrected chi connectivity index (χ0v) is 13.2. The van der Waals surface area contributed by atoms with Gasteiger partial charge in [0.15, 0.2) is 0 Å². The number of hydrogen-bond acceptors (Lipinski definition) is 5. The number of rotatable bonds is 6. The molecule has 3 aromatic rings. The smallest absolute Gasteiger partial charge is 0.135 e. The maximum Gasteiger partial charge on any atom is 0.135 e. The molecule has 6 nitrogen and oxygen atoms in total. The van der Waals surface area contributed by atoms with Crippen molar-refractivity contribution in [3.63, 3.8) is 0 Å². The standard InChI is InChI=1S/C16H21N5O/c1-12(2)8-21-11-17-7-14(21)10-20(3)9-13-4-5-15-16(6-13)19-22-18-15/h4-7,11-12H,8-10H2,1-3H3. The highest BCUT2D eigenvalue weighted by molar-refractivity contribution is 5.73. The van der Waals surface area contributed by atoms with Gasteiger partial charge in [0, 0.05) is 25.8 Å². The number of fused-ring (bicyclic) bond motifs is 1. The predicted octanol–water partition coefficient (Wildman–Crippen LogP) is 2.71. The minimum Gasteiger partial charge on any atom is -0.333 e. The number of benzene rings is 1. The maximum absolute atomic E-state index is 4.74. The van der Waals surface area contributed by atoms with Crippen molar-refractivity contribution in [2.75, 3.05) is 7.05 Å². The lowest BCUT2D eigenvalue weighted by molar-refractivity contribution is 0.307. The van der Waals surface area contributed by atoms with E-state index in [1.807, 2.05) is 24.7 Å². The largest absolute Gasteiger partial charge is 0.333 e. The van der Waals surface area contributed by atoms with Crippen LogP contribution < -0.4 is 0 Å². The van der Waals surface area contributed by atoms with E-state index in [2.05, 4.69) is 51.7 Å². The van der Waals surface area contributed by atoms with Crippen LogP contribution in [0.4, 0.5) is 0 Å². The summed E-state index contributed by atoms with van der Waals surface area (Å²) in [5, 5.41) is 7.72. The van der Waals surface area contributed by atoms with Crippen LogP contribution in [0.15, 0.2) is 35.4 Å². The molecule has 0 N–H and O–H groups in total. The summed E-state index contributed by atoms with van der Waals surface area (Å²) in [6.45, 7) is 7.14. The topological polar surface area (TPSA) is 60.0 Å². The first-order valence-corrected chi connectivity index (χ1v) is 7.50. The van der Waals surface area contributed by atoms with Gasteiger partial charge in [0.05, 0.1) is 12.0 Å². The van der Waals surface area contributed by atoms with Gasteiger partial charge in [-0.1, -0.05) is 19.9 Å². The lowest BCUT2D eigenvalue weighted by Crippen LogP contribution is -2.20. The van der Waals surface area contributed by atoms with Crippen molar-refractivity contribution in [1.82, 2.24) is 24.8 Å². The molecule has 0 unspecified atom stereocenters. The van der Waals surface area contributed by atoms with Crippen molar-refractivity contribution in [1.29, 1.82) is 0 Å². The molecule has 0 aliphatic rings. The first-order chi connectivity index (χ1) is 10.6. The Balaban J connectivity index is 1.67. The molecule has 0 saturated carbocycles. The molecule has 0 spiro atoms. The minimum absolute atomic E-state index is 0.611. The molecule has 0 saturated heterocycles. The molecule has 22 heavy (non-hydrogen) atoms. The van der Waals surface area contributed by atoms with Crippen LogP contribution >= 0.6 is 0 Å². The van der Waals surface area contributed by atoms with Gasteiger partial charge in [-0.25, -0.2) is 9.61 Å². The Morgan fingerprint density at radius 1 is 1.18 bits per heavy atom. The van der Waals surface area contributed by atoms with E-state index in [4.69, 9.17) is 4.63 Å². The summed E-state index contributed by atoms with van der Waals surface area (Å²) in [6, 6.07) is 6.03. The second kappa shape index (κ2) is 6.27. The molecule has 3 rings (SSSR count). The SMILES string of the molecule is CC(C)Cn1cncc1CN(C)Cc1ccc2nonc2c1. The van der Waals surface area contributed by atoms with Gasteiger partial charge >= 0.3 is 0 Å². The average molecular weight is 299 g/mol. The molecule has 2 heterocycles. The summed E-state index contributed by atoms with van der Waals surface area (Å²) in [5.74, 6) is 0.611. The maximum atomic E-state index is 4.74. The van der Waals surface area contributed by atoms with Gasteiger partial charge in [0.25, 0.3) is 0 Å². The van der Waals surface area contributed by atoms with Crippen LogP contribution in [0.3, 0.4) is 0 Å². The van der Waals surface area contributed by atoms with Crippen molar-refractivity contribution < 1.29 is 4.63 Å². The van der Waals surface area contributed by atoms with E-state index in [0.717, 1.165) is 30.7 Å². The number of nitrogens with zero attached hydrogens (tertiary/aromatic N) is 5. The Kier molecular flexibility index (Phi) is 4.20. The van der Waals surface area contributed by atoms with E-state index in [1.54, 1.807) is 0 Å². The Morgan fingerprint density at radius 3 is 2.82 bits per heavy atom. The summed E-state index contributed by atoms with van der Waals surface area (Å²) in [4.78, 5) is 6.54. The quantitative estimate of drug-likeness (QED) is 0.700. The third-order valence-electron chi connectivity index (χ3n) is 3.56. The van der Waals surface area contributed by atoms with Crippen molar-refractivity contribution in [2.24, 2.45) is 5.92 Å². The normalized spacial score (nSPS) is 11.9. The fraction of sp³-hybridized carbons (Fsp3) is 0.438. The Labute approximate surface area is 129 Å². The van der Waals surface area contributed by atoms with E-state index in [1.165, 1.54) is 11.3 Å². The second-order valence-electron chi connectivity index (χ2n) is 6.19. The van der Waals surface area contributed by atoms with Crippen LogP contribution in [-0.4, -0.2) is 31.8 Å². The third-order valence-corrected chi connectivity index (χ3v) is 3.56. The van der Waals surface area contributed by atoms with Gasteiger partial charge < -0.3 is 4.57 Å². The van der Waals surface area contributed by atoms with Gasteiger partial charge in [0.1, 0.15) is 11.0 Å². The molecule has 0 radical (unpaired) electrons. The molecular formula is C16H21N5O. The van der Waals surface area contributed by atoms with Gasteiger partial charge in [-0.2, -0.15) is 0 Å². The Hall–Kier alpha value is -2.21. The van der Waals surface area contributed by atoms with Crippen LogP contribution in [0.2, 0.25) is 0 Å². The lowest BCUT2D eigenvalue weighted by Gasteiger charge is -2.18. The monoisotopic (exact) mass is 299 g/mol. The zero-order valence-electron chi connectivity index (χ0n) is 13.2. The molecular weight excluding hydrogens is 278 g/mol. The van der Waals surface area contributed by atoms with Crippen LogP contribution in [0.5, 0.6) is 0 Å². The van der Waals surface area contributed by atoms with E-state index < -0.39 is 0 Å². The molecule has 2 aromatic heterocycles. The highest BCUT2D eigenvalue weighted by atomic mass is 16.6. The van der Waals surface area contributed by atoms with Crippen molar-refractivity contribution in [3.05, 3.63) is 42.0 Å². The van der Waals surface area contributed by atoms with E-state index in [-0.39, 0.29) is 0 Å². The number of imidazole rings is 1. The molecule has 6 heteroatoms. The summed E-state index contributed by atoms with van der Waals surface area (Å²) < 4.78 is 6.97. The predicted molar refractivity (Wildman–Crippen MR) is 84.0 cm³/mol. The minimum atomic E-state index is 0.611. The highest BCUT2D eigenvalue weighted by Gasteiger charge is 2.09. The molecule has 0 fully saturated rings. The Bertz CT molecular complexity index is 746. The zero-order chi connectivity index (χ0) is 15.5. The Morgan fingerprint density at radius 2 is 2.00 bits per heavy atom. The number of aromatic nitrogens is 4. The third kappa shape index (κ3) is 3.33. The second-order valence-corrected chi connectivity index (χ2v) is 6.19. The average Bonchev–Trinajstić information content (AvgIpc) is 3.07. The van der Waals surface area contributed by atoms with Crippen molar-refractivity contribution in [3.8, 4) is 0 Å². The molecule has 0 bridgehead atoms. The van der Waals surface area contributed by atoms with E-state index in [0.29, 0.717) is 5.92 Å². The summed E-state index contributed by atoms with van der Waals surface area (Å²) in [7, 11) is 2.11. The molecule has 116 valence electrons. The first-order valence-electron chi connectivity index (χ1n) is 7.50. The molecule has 0 atom stereocenters. The van der Waals surface area contributed by atoms with Crippen LogP contribution in [0.1, 0.15) is 25.1 Å². The van der Waals surface area contributed by atoms with E-state index >= 15 is 0 Å². The van der Waals surface area contributed by atoms with Crippen LogP contribution in [-0.2, 0) is 19.6 Å². The lowest BCUT2D eigenvalue weighted by atomic mass is 10.2. The summed E-state index contributed by atoms with van der Waals surface area (Å²) >= 11 is 0. The fourth-order valence-corrected chi connectivity index (χ4v) is 2.61. The van der Waals surface area contributed by atoms with Gasteiger partial charge in [-0.15, -0.1) is 0 Å². The van der Waals surface area contributed by atoms with Crippen LogP contribution in [0.25, 0.3) is 11.0 Å². The van der Waals surface area contributed by atoms with Gasteiger partial charge in [-0.05, 0) is 41.0 Å². The summed E-state index contributed by atoms with van der Waals surface area (Å²) in [5.41, 5.74) is 4.03. The highest BCUT2D eigenvalue weighted by Crippen LogP contribution is 2.14. The molecule has 1 aromatic carbocycles. The van der Waals surface area contributed by atoms with Gasteiger partial charge in [-0.3, -0.25) is 4.90 Å². The van der Waals surface area contributed by atoms with Gasteiger partial charge in [0.2, 0.25) is 0 Å². The van der Waals surface area contributed by atoms with Crippen molar-refractivity contribution in [2.45, 2.75) is 33.5 Å². The van der Waals surface area contributed by atoms with E-state index in [9.17, 15) is 0 Å². The molecule has 0 aliphatic heterocycles. The molecule has 0 amide bonds. The summed E-state index contributed by atoms with van der Waals surface area (Å²) in [6.07, 6.45) is 3.86. The van der Waals surface area contributed by atoms with Crippen LogP contribution in [0, 0.1) is 5.92 Å². The van der Waals surface area contributed by atoms with Crippen molar-refractivity contribution >= 4 is 11.0 Å². The number of hydrogen-bond donors (Lipinski definition) is 0.